The maximum absolute atomic E-state index is 2.29. The van der Waals surface area contributed by atoms with Gasteiger partial charge in [0.1, 0.15) is 0 Å². The lowest BCUT2D eigenvalue weighted by Gasteiger charge is -2.03. The number of benzene rings is 1. The number of hydrogen-bond acceptors (Lipinski definition) is 0. The lowest BCUT2D eigenvalue weighted by atomic mass is 10.1. The zero-order chi connectivity index (χ0) is 13.6. The summed E-state index contributed by atoms with van der Waals surface area (Å²) in [5.74, 6) is 0. The predicted molar refractivity (Wildman–Crippen MR) is 89.4 cm³/mol. The van der Waals surface area contributed by atoms with E-state index in [2.05, 4.69) is 37.3 Å². The summed E-state index contributed by atoms with van der Waals surface area (Å²) in [7, 11) is 1.64. The van der Waals surface area contributed by atoms with Crippen LogP contribution in [0.1, 0.15) is 63.9 Å². The van der Waals surface area contributed by atoms with Gasteiger partial charge >= 0.3 is 0 Å². The zero-order valence-electron chi connectivity index (χ0n) is 12.6. The van der Waals surface area contributed by atoms with Gasteiger partial charge in [-0.3, -0.25) is 0 Å². The molecule has 1 rings (SSSR count). The van der Waals surface area contributed by atoms with Gasteiger partial charge in [-0.1, -0.05) is 90.8 Å². The molecule has 0 aliphatic heterocycles. The summed E-state index contributed by atoms with van der Waals surface area (Å²) in [5, 5.41) is 0. The average molecular weight is 277 g/mol. The van der Waals surface area contributed by atoms with Crippen LogP contribution in [0.2, 0.25) is 0 Å². The summed E-state index contributed by atoms with van der Waals surface area (Å²) in [5.41, 5.74) is 1.49. The van der Waals surface area contributed by atoms with Crippen LogP contribution in [0.5, 0.6) is 0 Å². The molecule has 0 atom stereocenters. The van der Waals surface area contributed by atoms with Crippen LogP contribution in [0.15, 0.2) is 30.3 Å². The van der Waals surface area contributed by atoms with Crippen LogP contribution in [-0.4, -0.2) is 12.3 Å². The third-order valence-electron chi connectivity index (χ3n) is 3.57. The van der Waals surface area contributed by atoms with Gasteiger partial charge in [0.15, 0.2) is 0 Å². The first-order valence-electron chi connectivity index (χ1n) is 8.10. The van der Waals surface area contributed by atoms with Gasteiger partial charge < -0.3 is 0 Å². The van der Waals surface area contributed by atoms with Gasteiger partial charge in [0.05, 0.1) is 0 Å². The Bertz CT molecular complexity index is 281. The van der Waals surface area contributed by atoms with Crippen molar-refractivity contribution in [2.24, 2.45) is 0 Å². The third-order valence-corrected chi connectivity index (χ3v) is 4.74. The normalized spacial score (nSPS) is 11.4. The summed E-state index contributed by atoms with van der Waals surface area (Å²) in [6.07, 6.45) is 15.5. The van der Waals surface area contributed by atoms with E-state index in [0.29, 0.717) is 0 Å². The van der Waals surface area contributed by atoms with Crippen molar-refractivity contribution in [3.05, 3.63) is 35.9 Å². The van der Waals surface area contributed by atoms with Crippen molar-refractivity contribution < 1.29 is 0 Å². The molecule has 1 heteroatoms. The van der Waals surface area contributed by atoms with Crippen molar-refractivity contribution in [1.29, 1.82) is 0 Å². The van der Waals surface area contributed by atoms with E-state index in [4.69, 9.17) is 0 Å². The van der Waals surface area contributed by atoms with Gasteiger partial charge in [0.25, 0.3) is 0 Å². The second kappa shape index (κ2) is 12.7. The van der Waals surface area contributed by atoms with E-state index in [0.717, 1.165) is 0 Å². The van der Waals surface area contributed by atoms with E-state index in [9.17, 15) is 0 Å². The zero-order valence-corrected chi connectivity index (χ0v) is 13.5. The molecule has 107 valence electrons. The molecule has 0 spiro atoms. The SMILES string of the molecule is CCCCCCCCCC[P]CCc1ccccc1. The highest BCUT2D eigenvalue weighted by Gasteiger charge is 1.94. The Hall–Kier alpha value is -0.350. The first kappa shape index (κ1) is 16.7. The highest BCUT2D eigenvalue weighted by molar-refractivity contribution is 7.37. The molecule has 0 aliphatic rings. The molecule has 19 heavy (non-hydrogen) atoms. The Morgan fingerprint density at radius 2 is 1.37 bits per heavy atom. The van der Waals surface area contributed by atoms with E-state index in [-0.39, 0.29) is 0 Å². The predicted octanol–water partition coefficient (Wildman–Crippen LogP) is 6.32. The molecule has 1 aromatic rings. The van der Waals surface area contributed by atoms with Crippen LogP contribution in [0.3, 0.4) is 0 Å². The van der Waals surface area contributed by atoms with Gasteiger partial charge in [-0.15, -0.1) is 0 Å². The van der Waals surface area contributed by atoms with Crippen LogP contribution in [-0.2, 0) is 6.42 Å². The molecule has 0 fully saturated rings. The molecule has 0 aromatic heterocycles. The second-order valence-electron chi connectivity index (χ2n) is 5.38. The number of unbranched alkanes of at least 4 members (excludes halogenated alkanes) is 7. The summed E-state index contributed by atoms with van der Waals surface area (Å²) in [6, 6.07) is 10.9. The Kier molecular flexibility index (Phi) is 11.1. The molecule has 0 unspecified atom stereocenters. The fourth-order valence-corrected chi connectivity index (χ4v) is 3.41. The maximum Gasteiger partial charge on any atom is -0.0236 e. The monoisotopic (exact) mass is 277 g/mol. The minimum absolute atomic E-state index is 1.25. The summed E-state index contributed by atoms with van der Waals surface area (Å²) < 4.78 is 0. The van der Waals surface area contributed by atoms with Crippen molar-refractivity contribution in [2.75, 3.05) is 12.3 Å². The molecule has 0 saturated carbocycles. The third kappa shape index (κ3) is 10.1. The van der Waals surface area contributed by atoms with Crippen LogP contribution in [0.25, 0.3) is 0 Å². The first-order chi connectivity index (χ1) is 9.43. The fraction of sp³-hybridized carbons (Fsp3) is 0.667. The van der Waals surface area contributed by atoms with E-state index in [1.165, 1.54) is 75.7 Å². The average Bonchev–Trinajstić information content (AvgIpc) is 2.46. The largest absolute Gasteiger partial charge is 0.0806 e. The molecular formula is C18H30P. The molecule has 0 heterocycles. The highest BCUT2D eigenvalue weighted by atomic mass is 31.1. The fourth-order valence-electron chi connectivity index (χ4n) is 2.32. The molecule has 1 radical (unpaired) electrons. The summed E-state index contributed by atoms with van der Waals surface area (Å²) >= 11 is 0. The Morgan fingerprint density at radius 1 is 0.737 bits per heavy atom. The topological polar surface area (TPSA) is 0 Å². The van der Waals surface area contributed by atoms with Gasteiger partial charge in [-0.25, -0.2) is 0 Å². The lowest BCUT2D eigenvalue weighted by molar-refractivity contribution is 0.586. The molecule has 0 N–H and O–H groups in total. The maximum atomic E-state index is 2.29. The molecule has 0 amide bonds. The van der Waals surface area contributed by atoms with Crippen LogP contribution < -0.4 is 0 Å². The molecule has 1 aromatic carbocycles. The van der Waals surface area contributed by atoms with Crippen LogP contribution >= 0.6 is 8.58 Å². The number of rotatable bonds is 12. The Balaban J connectivity index is 1.79. The Labute approximate surface area is 122 Å². The minimum atomic E-state index is 1.25. The molecule has 0 bridgehead atoms. The number of aryl methyl sites for hydroxylation is 1. The Morgan fingerprint density at radius 3 is 2.05 bits per heavy atom. The van der Waals surface area contributed by atoms with Crippen molar-refractivity contribution >= 4 is 8.58 Å². The van der Waals surface area contributed by atoms with Crippen LogP contribution in [0.4, 0.5) is 0 Å². The minimum Gasteiger partial charge on any atom is -0.0806 e. The van der Waals surface area contributed by atoms with Crippen molar-refractivity contribution in [2.45, 2.75) is 64.7 Å². The first-order valence-corrected chi connectivity index (χ1v) is 9.37. The smallest absolute Gasteiger partial charge is 0.0236 e. The molecule has 0 nitrogen and oxygen atoms in total. The van der Waals surface area contributed by atoms with E-state index < -0.39 is 0 Å². The van der Waals surface area contributed by atoms with Gasteiger partial charge in [0.2, 0.25) is 0 Å². The van der Waals surface area contributed by atoms with E-state index in [1.807, 2.05) is 0 Å². The highest BCUT2D eigenvalue weighted by Crippen LogP contribution is 2.17. The summed E-state index contributed by atoms with van der Waals surface area (Å²) in [6.45, 7) is 2.29. The quantitative estimate of drug-likeness (QED) is 0.310. The molecule has 0 aliphatic carbocycles. The van der Waals surface area contributed by atoms with Gasteiger partial charge in [-0.05, 0) is 30.7 Å². The molecular weight excluding hydrogens is 247 g/mol. The standard InChI is InChI=1S/C18H30P/c1-2-3-4-5-6-7-8-12-16-19-17-15-18-13-10-9-11-14-18/h9-11,13-14H,2-8,12,15-17H2,1H3. The van der Waals surface area contributed by atoms with Gasteiger partial charge in [-0.2, -0.15) is 0 Å². The second-order valence-corrected chi connectivity index (χ2v) is 6.72. The lowest BCUT2D eigenvalue weighted by Crippen LogP contribution is -1.88. The van der Waals surface area contributed by atoms with E-state index in [1.54, 1.807) is 8.58 Å². The molecule has 0 saturated heterocycles. The van der Waals surface area contributed by atoms with E-state index >= 15 is 0 Å². The van der Waals surface area contributed by atoms with Crippen molar-refractivity contribution in [1.82, 2.24) is 0 Å². The van der Waals surface area contributed by atoms with Crippen molar-refractivity contribution in [3.8, 4) is 0 Å². The van der Waals surface area contributed by atoms with Crippen LogP contribution in [0, 0.1) is 0 Å². The van der Waals surface area contributed by atoms with Crippen molar-refractivity contribution in [3.63, 3.8) is 0 Å². The summed E-state index contributed by atoms with van der Waals surface area (Å²) in [4.78, 5) is 0. The van der Waals surface area contributed by atoms with Gasteiger partial charge in [0, 0.05) is 0 Å². The number of hydrogen-bond donors (Lipinski definition) is 0.